The summed E-state index contributed by atoms with van der Waals surface area (Å²) >= 11 is 2.08. The molecule has 2 N–H and O–H groups in total. The third kappa shape index (κ3) is 3.72. The molecule has 1 saturated heterocycles. The summed E-state index contributed by atoms with van der Waals surface area (Å²) < 4.78 is 0. The number of hydrogen-bond acceptors (Lipinski definition) is 3. The fourth-order valence-electron chi connectivity index (χ4n) is 4.69. The average molecular weight is 297 g/mol. The van der Waals surface area contributed by atoms with Crippen LogP contribution in [0.1, 0.15) is 64.2 Å². The predicted octanol–water partition coefficient (Wildman–Crippen LogP) is 3.56. The molecule has 3 aliphatic rings. The van der Waals surface area contributed by atoms with Gasteiger partial charge in [-0.15, -0.1) is 0 Å². The third-order valence-electron chi connectivity index (χ3n) is 5.89. The molecule has 0 bridgehead atoms. The van der Waals surface area contributed by atoms with Crippen molar-refractivity contribution in [1.82, 2.24) is 10.6 Å². The van der Waals surface area contributed by atoms with Gasteiger partial charge in [-0.25, -0.2) is 0 Å². The predicted molar refractivity (Wildman–Crippen MR) is 89.5 cm³/mol. The van der Waals surface area contributed by atoms with Gasteiger partial charge in [-0.2, -0.15) is 11.8 Å². The summed E-state index contributed by atoms with van der Waals surface area (Å²) in [5.74, 6) is 0.911. The smallest absolute Gasteiger partial charge is 0.0113 e. The highest BCUT2D eigenvalue weighted by atomic mass is 32.2. The van der Waals surface area contributed by atoms with Crippen LogP contribution in [0.5, 0.6) is 0 Å². The van der Waals surface area contributed by atoms with Gasteiger partial charge in [-0.05, 0) is 70.1 Å². The monoisotopic (exact) mass is 296 g/mol. The van der Waals surface area contributed by atoms with E-state index >= 15 is 0 Å². The second-order valence-electron chi connectivity index (χ2n) is 7.13. The molecule has 0 aromatic heterocycles. The minimum absolute atomic E-state index is 0.807. The molecule has 0 spiro atoms. The van der Waals surface area contributed by atoms with Crippen LogP contribution < -0.4 is 10.6 Å². The van der Waals surface area contributed by atoms with Crippen LogP contribution in [0.3, 0.4) is 0 Å². The average Bonchev–Trinajstić information content (AvgIpc) is 2.97. The largest absolute Gasteiger partial charge is 0.314 e. The van der Waals surface area contributed by atoms with Crippen molar-refractivity contribution in [2.45, 2.75) is 87.6 Å². The van der Waals surface area contributed by atoms with Crippen molar-refractivity contribution in [2.24, 2.45) is 5.92 Å². The normalized spacial score (nSPS) is 42.8. The molecule has 1 heterocycles. The Kier molecular flexibility index (Phi) is 5.70. The molecule has 3 fully saturated rings. The van der Waals surface area contributed by atoms with Crippen molar-refractivity contribution in [1.29, 1.82) is 0 Å². The van der Waals surface area contributed by atoms with Crippen molar-refractivity contribution in [3.8, 4) is 0 Å². The van der Waals surface area contributed by atoms with Crippen LogP contribution in [0, 0.1) is 5.92 Å². The van der Waals surface area contributed by atoms with E-state index < -0.39 is 0 Å². The van der Waals surface area contributed by atoms with E-state index in [-0.39, 0.29) is 0 Å². The van der Waals surface area contributed by atoms with Gasteiger partial charge < -0.3 is 10.6 Å². The summed E-state index contributed by atoms with van der Waals surface area (Å²) in [5, 5.41) is 8.80. The first-order valence-corrected chi connectivity index (χ1v) is 10.2. The summed E-state index contributed by atoms with van der Waals surface area (Å²) in [4.78, 5) is 0. The standard InChI is InChI=1S/C17H32N2S/c1-20-14-10-8-13(9-11-14)19-17-7-4-5-15(17)16-6-2-3-12-18-16/h13-19H,2-12H2,1H3. The lowest BCUT2D eigenvalue weighted by Crippen LogP contribution is -2.50. The second kappa shape index (κ2) is 7.51. The Bertz CT molecular complexity index is 283. The molecule has 2 saturated carbocycles. The van der Waals surface area contributed by atoms with Crippen LogP contribution in [0.4, 0.5) is 0 Å². The van der Waals surface area contributed by atoms with Crippen molar-refractivity contribution >= 4 is 11.8 Å². The van der Waals surface area contributed by atoms with Gasteiger partial charge in [0, 0.05) is 23.4 Å². The fraction of sp³-hybridized carbons (Fsp3) is 1.00. The highest BCUT2D eigenvalue weighted by Gasteiger charge is 2.35. The molecule has 0 aromatic rings. The lowest BCUT2D eigenvalue weighted by molar-refractivity contribution is 0.233. The van der Waals surface area contributed by atoms with Gasteiger partial charge in [-0.3, -0.25) is 0 Å². The molecule has 3 heteroatoms. The summed E-state index contributed by atoms with van der Waals surface area (Å²) in [6.07, 6.45) is 16.5. The maximum absolute atomic E-state index is 4.06. The highest BCUT2D eigenvalue weighted by molar-refractivity contribution is 7.99. The van der Waals surface area contributed by atoms with Gasteiger partial charge in [0.25, 0.3) is 0 Å². The van der Waals surface area contributed by atoms with E-state index in [1.807, 2.05) is 0 Å². The van der Waals surface area contributed by atoms with Gasteiger partial charge in [0.2, 0.25) is 0 Å². The molecular formula is C17H32N2S. The Hall–Kier alpha value is 0.270. The summed E-state index contributed by atoms with van der Waals surface area (Å²) in [7, 11) is 0. The van der Waals surface area contributed by atoms with Gasteiger partial charge in [0.1, 0.15) is 0 Å². The minimum atomic E-state index is 0.807. The molecule has 3 rings (SSSR count). The van der Waals surface area contributed by atoms with Gasteiger partial charge in [0.05, 0.1) is 0 Å². The third-order valence-corrected chi connectivity index (χ3v) is 7.03. The molecular weight excluding hydrogens is 264 g/mol. The number of rotatable bonds is 4. The Morgan fingerprint density at radius 2 is 1.75 bits per heavy atom. The molecule has 0 aromatic carbocycles. The summed E-state index contributed by atoms with van der Waals surface area (Å²) in [5.41, 5.74) is 0. The van der Waals surface area contributed by atoms with Crippen LogP contribution in [-0.2, 0) is 0 Å². The zero-order valence-corrected chi connectivity index (χ0v) is 13.9. The van der Waals surface area contributed by atoms with Gasteiger partial charge in [-0.1, -0.05) is 12.8 Å². The molecule has 2 nitrogen and oxygen atoms in total. The molecule has 20 heavy (non-hydrogen) atoms. The molecule has 0 radical (unpaired) electrons. The molecule has 0 amide bonds. The van der Waals surface area contributed by atoms with Gasteiger partial charge >= 0.3 is 0 Å². The van der Waals surface area contributed by atoms with Crippen molar-refractivity contribution in [2.75, 3.05) is 12.8 Å². The van der Waals surface area contributed by atoms with E-state index in [1.165, 1.54) is 70.8 Å². The number of nitrogens with one attached hydrogen (secondary N) is 2. The Labute approximate surface area is 129 Å². The van der Waals surface area contributed by atoms with E-state index in [0.717, 1.165) is 29.3 Å². The van der Waals surface area contributed by atoms with Gasteiger partial charge in [0.15, 0.2) is 0 Å². The first-order valence-electron chi connectivity index (χ1n) is 8.89. The minimum Gasteiger partial charge on any atom is -0.314 e. The molecule has 1 aliphatic heterocycles. The molecule has 3 unspecified atom stereocenters. The second-order valence-corrected chi connectivity index (χ2v) is 8.27. The molecule has 116 valence electrons. The van der Waals surface area contributed by atoms with Crippen molar-refractivity contribution in [3.63, 3.8) is 0 Å². The lowest BCUT2D eigenvalue weighted by atomic mass is 9.87. The molecule has 3 atom stereocenters. The molecule has 2 aliphatic carbocycles. The zero-order chi connectivity index (χ0) is 13.8. The van der Waals surface area contributed by atoms with E-state index in [4.69, 9.17) is 0 Å². The van der Waals surface area contributed by atoms with Crippen LogP contribution >= 0.6 is 11.8 Å². The Morgan fingerprint density at radius 3 is 2.45 bits per heavy atom. The van der Waals surface area contributed by atoms with E-state index in [9.17, 15) is 0 Å². The van der Waals surface area contributed by atoms with E-state index in [1.54, 1.807) is 0 Å². The maximum atomic E-state index is 4.06. The SMILES string of the molecule is CSC1CCC(NC2CCCC2C2CCCCN2)CC1. The van der Waals surface area contributed by atoms with E-state index in [0.29, 0.717) is 0 Å². The maximum Gasteiger partial charge on any atom is 0.0113 e. The van der Waals surface area contributed by atoms with Crippen molar-refractivity contribution < 1.29 is 0 Å². The van der Waals surface area contributed by atoms with E-state index in [2.05, 4.69) is 28.7 Å². The first kappa shape index (κ1) is 15.2. The lowest BCUT2D eigenvalue weighted by Gasteiger charge is -2.36. The van der Waals surface area contributed by atoms with Crippen LogP contribution in [0.2, 0.25) is 0 Å². The summed E-state index contributed by atoms with van der Waals surface area (Å²) in [6.45, 7) is 1.26. The quantitative estimate of drug-likeness (QED) is 0.829. The number of hydrogen-bond donors (Lipinski definition) is 2. The highest BCUT2D eigenvalue weighted by Crippen LogP contribution is 2.34. The van der Waals surface area contributed by atoms with Crippen LogP contribution in [-0.4, -0.2) is 36.2 Å². The van der Waals surface area contributed by atoms with Crippen LogP contribution in [0.15, 0.2) is 0 Å². The van der Waals surface area contributed by atoms with Crippen molar-refractivity contribution in [3.05, 3.63) is 0 Å². The number of piperidine rings is 1. The topological polar surface area (TPSA) is 24.1 Å². The van der Waals surface area contributed by atoms with Crippen LogP contribution in [0.25, 0.3) is 0 Å². The Balaban J connectivity index is 1.48. The summed E-state index contributed by atoms with van der Waals surface area (Å²) in [6, 6.07) is 2.43. The first-order chi connectivity index (χ1) is 9.86. The Morgan fingerprint density at radius 1 is 0.900 bits per heavy atom. The zero-order valence-electron chi connectivity index (χ0n) is 13.1. The number of thioether (sulfide) groups is 1. The fourth-order valence-corrected chi connectivity index (χ4v) is 5.43.